The van der Waals surface area contributed by atoms with E-state index in [4.69, 9.17) is 0 Å². The maximum Gasteiger partial charge on any atom is 0.269 e. The molecule has 1 saturated heterocycles. The average Bonchev–Trinajstić information content (AvgIpc) is 2.35. The Hall–Kier alpha value is -1.51. The molecule has 1 aromatic carbocycles. The zero-order valence-electron chi connectivity index (χ0n) is 10.3. The molecule has 0 bridgehead atoms. The van der Waals surface area contributed by atoms with Crippen LogP contribution in [-0.2, 0) is 10.0 Å². The second kappa shape index (κ2) is 4.55. The van der Waals surface area contributed by atoms with E-state index in [2.05, 4.69) is 0 Å². The largest absolute Gasteiger partial charge is 0.387 e. The van der Waals surface area contributed by atoms with Gasteiger partial charge in [-0.3, -0.25) is 10.1 Å². The zero-order valence-corrected chi connectivity index (χ0v) is 11.1. The Morgan fingerprint density at radius 3 is 2.32 bits per heavy atom. The molecule has 0 saturated carbocycles. The summed E-state index contributed by atoms with van der Waals surface area (Å²) in [5, 5.41) is 20.3. The van der Waals surface area contributed by atoms with Crippen LogP contribution in [0, 0.1) is 10.1 Å². The number of hydrogen-bond donors (Lipinski definition) is 1. The van der Waals surface area contributed by atoms with Crippen molar-refractivity contribution in [3.8, 4) is 0 Å². The van der Waals surface area contributed by atoms with Crippen LogP contribution in [-0.4, -0.2) is 41.4 Å². The molecule has 1 heterocycles. The van der Waals surface area contributed by atoms with Crippen LogP contribution < -0.4 is 0 Å². The first-order valence-electron chi connectivity index (χ1n) is 5.75. The summed E-state index contributed by atoms with van der Waals surface area (Å²) in [7, 11) is -3.68. The van der Waals surface area contributed by atoms with Crippen molar-refractivity contribution in [1.82, 2.24) is 4.31 Å². The van der Waals surface area contributed by atoms with Crippen LogP contribution in [0.5, 0.6) is 0 Å². The number of hydrogen-bond acceptors (Lipinski definition) is 5. The first kappa shape index (κ1) is 13.9. The summed E-state index contributed by atoms with van der Waals surface area (Å²) in [6.07, 6.45) is 0.485. The van der Waals surface area contributed by atoms with Gasteiger partial charge in [0.25, 0.3) is 5.69 Å². The number of nitro benzene ring substituents is 1. The van der Waals surface area contributed by atoms with Gasteiger partial charge >= 0.3 is 0 Å². The highest BCUT2D eigenvalue weighted by Crippen LogP contribution is 2.30. The molecule has 1 aliphatic rings. The number of benzene rings is 1. The molecule has 0 radical (unpaired) electrons. The quantitative estimate of drug-likeness (QED) is 0.650. The average molecular weight is 286 g/mol. The molecule has 1 aromatic rings. The van der Waals surface area contributed by atoms with Gasteiger partial charge < -0.3 is 5.11 Å². The maximum atomic E-state index is 12.1. The summed E-state index contributed by atoms with van der Waals surface area (Å²) in [5.74, 6) is 0. The van der Waals surface area contributed by atoms with Crippen molar-refractivity contribution in [3.05, 3.63) is 34.4 Å². The fraction of sp³-hybridized carbons (Fsp3) is 0.455. The summed E-state index contributed by atoms with van der Waals surface area (Å²) in [6, 6.07) is 4.71. The number of sulfonamides is 1. The van der Waals surface area contributed by atoms with E-state index in [9.17, 15) is 23.6 Å². The molecule has 1 aliphatic heterocycles. The van der Waals surface area contributed by atoms with E-state index >= 15 is 0 Å². The number of nitro groups is 1. The highest BCUT2D eigenvalue weighted by atomic mass is 32.2. The van der Waals surface area contributed by atoms with Crippen molar-refractivity contribution in [2.45, 2.75) is 23.8 Å². The summed E-state index contributed by atoms with van der Waals surface area (Å²) in [4.78, 5) is 9.91. The molecule has 8 heteroatoms. The number of aliphatic hydroxyl groups is 1. The SMILES string of the molecule is CCC1(O)CN(S(=O)(=O)c2ccc([N+](=O)[O-])cc2)C1. The zero-order chi connectivity index (χ0) is 14.3. The van der Waals surface area contributed by atoms with Gasteiger partial charge in [0.2, 0.25) is 10.0 Å². The minimum absolute atomic E-state index is 0.00347. The van der Waals surface area contributed by atoms with Crippen molar-refractivity contribution >= 4 is 15.7 Å². The molecule has 19 heavy (non-hydrogen) atoms. The molecule has 0 amide bonds. The third-order valence-corrected chi connectivity index (χ3v) is 5.09. The van der Waals surface area contributed by atoms with Gasteiger partial charge in [-0.15, -0.1) is 0 Å². The fourth-order valence-electron chi connectivity index (χ4n) is 1.89. The van der Waals surface area contributed by atoms with Gasteiger partial charge in [-0.2, -0.15) is 4.31 Å². The summed E-state index contributed by atoms with van der Waals surface area (Å²) in [6.45, 7) is 1.90. The molecule has 2 rings (SSSR count). The van der Waals surface area contributed by atoms with Gasteiger partial charge in [0.1, 0.15) is 0 Å². The van der Waals surface area contributed by atoms with Crippen LogP contribution in [0.3, 0.4) is 0 Å². The molecule has 0 aliphatic carbocycles. The summed E-state index contributed by atoms with van der Waals surface area (Å²) < 4.78 is 25.5. The van der Waals surface area contributed by atoms with Gasteiger partial charge in [0.15, 0.2) is 0 Å². The van der Waals surface area contributed by atoms with Gasteiger partial charge in [-0.25, -0.2) is 8.42 Å². The third-order valence-electron chi connectivity index (χ3n) is 3.28. The van der Waals surface area contributed by atoms with Crippen LogP contribution in [0.25, 0.3) is 0 Å². The van der Waals surface area contributed by atoms with Crippen molar-refractivity contribution in [2.24, 2.45) is 0 Å². The Morgan fingerprint density at radius 1 is 1.37 bits per heavy atom. The van der Waals surface area contributed by atoms with Crippen molar-refractivity contribution in [2.75, 3.05) is 13.1 Å². The summed E-state index contributed by atoms with van der Waals surface area (Å²) >= 11 is 0. The molecule has 0 atom stereocenters. The predicted molar refractivity (Wildman–Crippen MR) is 67.1 cm³/mol. The Bertz CT molecular complexity index is 590. The number of β-amino-alcohol motifs (C(OH)–C–C–N with tert-alkyl or cyclic N) is 1. The monoisotopic (exact) mass is 286 g/mol. The van der Waals surface area contributed by atoms with E-state index in [1.165, 1.54) is 12.1 Å². The van der Waals surface area contributed by atoms with E-state index in [0.717, 1.165) is 16.4 Å². The van der Waals surface area contributed by atoms with E-state index in [-0.39, 0.29) is 23.7 Å². The van der Waals surface area contributed by atoms with Crippen LogP contribution >= 0.6 is 0 Å². The Labute approximate surface area is 110 Å². The number of rotatable bonds is 4. The van der Waals surface area contributed by atoms with E-state index in [1.807, 2.05) is 0 Å². The standard InChI is InChI=1S/C11H14N2O5S/c1-2-11(14)7-12(8-11)19(17,18)10-5-3-9(4-6-10)13(15)16/h3-6,14H,2,7-8H2,1H3. The van der Waals surface area contributed by atoms with Crippen molar-refractivity contribution < 1.29 is 18.4 Å². The van der Waals surface area contributed by atoms with Gasteiger partial charge in [-0.1, -0.05) is 6.92 Å². The fourth-order valence-corrected chi connectivity index (χ4v) is 3.49. The Balaban J connectivity index is 2.20. The van der Waals surface area contributed by atoms with Gasteiger partial charge in [-0.05, 0) is 18.6 Å². The highest BCUT2D eigenvalue weighted by Gasteiger charge is 2.45. The minimum atomic E-state index is -3.68. The molecule has 0 unspecified atom stereocenters. The second-order valence-electron chi connectivity index (χ2n) is 4.60. The number of nitrogens with zero attached hydrogens (tertiary/aromatic N) is 2. The normalized spacial score (nSPS) is 18.8. The third kappa shape index (κ3) is 2.46. The molecule has 0 spiro atoms. The predicted octanol–water partition coefficient (Wildman–Crippen LogP) is 0.740. The Morgan fingerprint density at radius 2 is 1.89 bits per heavy atom. The first-order valence-corrected chi connectivity index (χ1v) is 7.19. The van der Waals surface area contributed by atoms with E-state index in [0.29, 0.717) is 6.42 Å². The molecule has 1 N–H and O–H groups in total. The molecular weight excluding hydrogens is 272 g/mol. The lowest BCUT2D eigenvalue weighted by Crippen LogP contribution is -2.62. The lowest BCUT2D eigenvalue weighted by atomic mass is 9.94. The lowest BCUT2D eigenvalue weighted by molar-refractivity contribution is -0.384. The van der Waals surface area contributed by atoms with E-state index < -0.39 is 20.5 Å². The lowest BCUT2D eigenvalue weighted by Gasteiger charge is -2.44. The molecular formula is C11H14N2O5S. The molecule has 7 nitrogen and oxygen atoms in total. The van der Waals surface area contributed by atoms with Crippen molar-refractivity contribution in [3.63, 3.8) is 0 Å². The molecule has 0 aromatic heterocycles. The second-order valence-corrected chi connectivity index (χ2v) is 6.54. The molecule has 1 fully saturated rings. The van der Waals surface area contributed by atoms with Crippen LogP contribution in [0.2, 0.25) is 0 Å². The first-order chi connectivity index (χ1) is 8.78. The van der Waals surface area contributed by atoms with Crippen molar-refractivity contribution in [1.29, 1.82) is 0 Å². The van der Waals surface area contributed by atoms with Gasteiger partial charge in [0.05, 0.1) is 15.4 Å². The van der Waals surface area contributed by atoms with Crippen LogP contribution in [0.15, 0.2) is 29.2 Å². The molecule has 104 valence electrons. The number of non-ortho nitro benzene ring substituents is 1. The topological polar surface area (TPSA) is 101 Å². The smallest absolute Gasteiger partial charge is 0.269 e. The van der Waals surface area contributed by atoms with Gasteiger partial charge in [0, 0.05) is 25.2 Å². The minimum Gasteiger partial charge on any atom is -0.387 e. The maximum absolute atomic E-state index is 12.1. The van der Waals surface area contributed by atoms with Crippen LogP contribution in [0.4, 0.5) is 5.69 Å². The van der Waals surface area contributed by atoms with E-state index in [1.54, 1.807) is 6.92 Å². The Kier molecular flexibility index (Phi) is 3.33. The highest BCUT2D eigenvalue weighted by molar-refractivity contribution is 7.89. The summed E-state index contributed by atoms with van der Waals surface area (Å²) in [5.41, 5.74) is -1.11. The van der Waals surface area contributed by atoms with Crippen LogP contribution in [0.1, 0.15) is 13.3 Å².